The van der Waals surface area contributed by atoms with E-state index in [0.29, 0.717) is 18.5 Å². The van der Waals surface area contributed by atoms with Gasteiger partial charge in [-0.25, -0.2) is 0 Å². The minimum atomic E-state index is -1.20. The molecule has 22 heavy (non-hydrogen) atoms. The Balaban J connectivity index is 1.94. The monoisotopic (exact) mass is 313 g/mol. The van der Waals surface area contributed by atoms with Gasteiger partial charge in [0.1, 0.15) is 0 Å². The zero-order valence-corrected chi connectivity index (χ0v) is 13.4. The maximum atomic E-state index is 12.7. The summed E-state index contributed by atoms with van der Waals surface area (Å²) in [6, 6.07) is 13.3. The molecule has 0 spiro atoms. The second-order valence-electron chi connectivity index (χ2n) is 5.44. The molecule has 1 atom stereocenters. The molecule has 0 radical (unpaired) electrons. The summed E-state index contributed by atoms with van der Waals surface area (Å²) in [5, 5.41) is 2.95. The Bertz CT molecular complexity index is 699. The van der Waals surface area contributed by atoms with Gasteiger partial charge in [0.05, 0.1) is 0 Å². The molecule has 0 saturated carbocycles. The first-order valence-electron chi connectivity index (χ1n) is 7.62. The second kappa shape index (κ2) is 6.55. The summed E-state index contributed by atoms with van der Waals surface area (Å²) in [6.45, 7) is 2.77. The fraction of sp³-hybridized carbons (Fsp3) is 0.278. The number of hydrogen-bond acceptors (Lipinski definition) is 2. The Kier molecular flexibility index (Phi) is 4.50. The molecular weight excluding hydrogens is 294 g/mol. The van der Waals surface area contributed by atoms with Crippen LogP contribution in [0, 0.1) is 0 Å². The Hall–Kier alpha value is -1.78. The van der Waals surface area contributed by atoms with Gasteiger partial charge < -0.3 is 9.87 Å². The van der Waals surface area contributed by atoms with E-state index in [0.717, 1.165) is 33.8 Å². The van der Waals surface area contributed by atoms with E-state index in [2.05, 4.69) is 12.2 Å². The van der Waals surface area contributed by atoms with Gasteiger partial charge in [-0.3, -0.25) is 4.79 Å². The summed E-state index contributed by atoms with van der Waals surface area (Å²) < 4.78 is 12.7. The smallest absolute Gasteiger partial charge is 0.251 e. The molecule has 1 heterocycles. The predicted molar refractivity (Wildman–Crippen MR) is 87.6 cm³/mol. The highest BCUT2D eigenvalue weighted by atomic mass is 32.2. The van der Waals surface area contributed by atoms with Crippen LogP contribution in [-0.4, -0.2) is 17.0 Å². The normalized spacial score (nSPS) is 15.8. The lowest BCUT2D eigenvalue weighted by Crippen LogP contribution is -2.27. The van der Waals surface area contributed by atoms with Crippen LogP contribution in [0.5, 0.6) is 0 Å². The molecular formula is C18H19NO2S. The highest BCUT2D eigenvalue weighted by Gasteiger charge is 2.30. The number of carbonyl (C=O) groups excluding carboxylic acids is 1. The van der Waals surface area contributed by atoms with E-state index in [-0.39, 0.29) is 5.91 Å². The molecule has 1 aliphatic heterocycles. The number of unbranched alkanes of at least 4 members (excludes halogenated alkanes) is 1. The highest BCUT2D eigenvalue weighted by Crippen LogP contribution is 2.35. The molecule has 1 N–H and O–H groups in total. The van der Waals surface area contributed by atoms with Gasteiger partial charge in [0.2, 0.25) is 0 Å². The molecule has 1 aliphatic rings. The molecule has 0 aliphatic carbocycles. The van der Waals surface area contributed by atoms with Crippen LogP contribution in [0.1, 0.15) is 41.3 Å². The lowest BCUT2D eigenvalue weighted by atomic mass is 9.98. The molecule has 0 fully saturated rings. The SMILES string of the molecule is CCCCNC(=O)c1cccc2c1Cc1ccccc1[S+]2[O-]. The molecule has 3 rings (SSSR count). The van der Waals surface area contributed by atoms with E-state index in [1.165, 1.54) is 0 Å². The summed E-state index contributed by atoms with van der Waals surface area (Å²) in [4.78, 5) is 14.0. The number of benzene rings is 2. The summed E-state index contributed by atoms with van der Waals surface area (Å²) >= 11 is -1.20. The first-order chi connectivity index (χ1) is 10.7. The molecule has 114 valence electrons. The van der Waals surface area contributed by atoms with Gasteiger partial charge in [0.25, 0.3) is 5.91 Å². The summed E-state index contributed by atoms with van der Waals surface area (Å²) in [5.41, 5.74) is 2.59. The van der Waals surface area contributed by atoms with Crippen molar-refractivity contribution in [3.05, 3.63) is 59.2 Å². The van der Waals surface area contributed by atoms with Crippen LogP contribution in [0.2, 0.25) is 0 Å². The van der Waals surface area contributed by atoms with Crippen molar-refractivity contribution < 1.29 is 9.35 Å². The first kappa shape index (κ1) is 15.1. The molecule has 2 aromatic carbocycles. The summed E-state index contributed by atoms with van der Waals surface area (Å²) in [6.07, 6.45) is 2.68. The predicted octanol–water partition coefficient (Wildman–Crippen LogP) is 3.29. The lowest BCUT2D eigenvalue weighted by molar-refractivity contribution is 0.0952. The van der Waals surface area contributed by atoms with Gasteiger partial charge in [0.15, 0.2) is 9.79 Å². The topological polar surface area (TPSA) is 52.2 Å². The van der Waals surface area contributed by atoms with Crippen LogP contribution in [0.4, 0.5) is 0 Å². The number of amides is 1. The minimum Gasteiger partial charge on any atom is -0.606 e. The molecule has 0 bridgehead atoms. The van der Waals surface area contributed by atoms with Crippen molar-refractivity contribution in [1.29, 1.82) is 0 Å². The van der Waals surface area contributed by atoms with E-state index >= 15 is 0 Å². The van der Waals surface area contributed by atoms with Gasteiger partial charge in [-0.1, -0.05) is 37.6 Å². The van der Waals surface area contributed by atoms with Crippen LogP contribution in [0.25, 0.3) is 0 Å². The third-order valence-electron chi connectivity index (χ3n) is 3.93. The zero-order valence-electron chi connectivity index (χ0n) is 12.6. The van der Waals surface area contributed by atoms with Crippen LogP contribution in [-0.2, 0) is 17.6 Å². The van der Waals surface area contributed by atoms with Gasteiger partial charge >= 0.3 is 0 Å². The molecule has 0 aromatic heterocycles. The summed E-state index contributed by atoms with van der Waals surface area (Å²) in [5.74, 6) is -0.0679. The Labute approximate surface area is 133 Å². The van der Waals surface area contributed by atoms with Gasteiger partial charge in [-0.15, -0.1) is 0 Å². The fourth-order valence-electron chi connectivity index (χ4n) is 2.75. The third-order valence-corrected chi connectivity index (χ3v) is 5.51. The number of nitrogens with one attached hydrogen (secondary N) is 1. The summed E-state index contributed by atoms with van der Waals surface area (Å²) in [7, 11) is 0. The molecule has 0 saturated heterocycles. The molecule has 1 amide bonds. The van der Waals surface area contributed by atoms with Crippen LogP contribution >= 0.6 is 0 Å². The number of hydrogen-bond donors (Lipinski definition) is 1. The lowest BCUT2D eigenvalue weighted by Gasteiger charge is -2.23. The largest absolute Gasteiger partial charge is 0.606 e. The molecule has 1 unspecified atom stereocenters. The quantitative estimate of drug-likeness (QED) is 0.695. The van der Waals surface area contributed by atoms with Crippen molar-refractivity contribution in [2.24, 2.45) is 0 Å². The number of rotatable bonds is 4. The Morgan fingerprint density at radius 2 is 1.95 bits per heavy atom. The van der Waals surface area contributed by atoms with E-state index in [1.54, 1.807) is 0 Å². The van der Waals surface area contributed by atoms with Crippen molar-refractivity contribution in [2.45, 2.75) is 36.0 Å². The molecule has 2 aromatic rings. The fourth-order valence-corrected chi connectivity index (χ4v) is 4.17. The van der Waals surface area contributed by atoms with Crippen LogP contribution in [0.3, 0.4) is 0 Å². The Morgan fingerprint density at radius 1 is 1.18 bits per heavy atom. The van der Waals surface area contributed by atoms with Crippen molar-refractivity contribution in [1.82, 2.24) is 5.32 Å². The second-order valence-corrected chi connectivity index (χ2v) is 6.86. The van der Waals surface area contributed by atoms with Crippen molar-refractivity contribution in [3.8, 4) is 0 Å². The van der Waals surface area contributed by atoms with Crippen molar-refractivity contribution >= 4 is 17.1 Å². The Morgan fingerprint density at radius 3 is 2.77 bits per heavy atom. The molecule has 3 nitrogen and oxygen atoms in total. The average Bonchev–Trinajstić information content (AvgIpc) is 2.55. The van der Waals surface area contributed by atoms with Crippen LogP contribution in [0.15, 0.2) is 52.3 Å². The van der Waals surface area contributed by atoms with Crippen molar-refractivity contribution in [3.63, 3.8) is 0 Å². The van der Waals surface area contributed by atoms with Gasteiger partial charge in [-0.2, -0.15) is 0 Å². The van der Waals surface area contributed by atoms with Gasteiger partial charge in [0, 0.05) is 40.8 Å². The standard InChI is InChI=1S/C18H19NO2S/c1-2-3-11-19-18(20)14-8-6-10-17-15(14)12-13-7-4-5-9-16(13)22(17)21/h4-10H,2-3,11-12H2,1H3,(H,19,20). The third kappa shape index (κ3) is 2.76. The average molecular weight is 313 g/mol. The van der Waals surface area contributed by atoms with Crippen LogP contribution < -0.4 is 5.32 Å². The maximum absolute atomic E-state index is 12.7. The highest BCUT2D eigenvalue weighted by molar-refractivity contribution is 7.91. The molecule has 4 heteroatoms. The van der Waals surface area contributed by atoms with E-state index in [1.807, 2.05) is 42.5 Å². The van der Waals surface area contributed by atoms with Gasteiger partial charge in [-0.05, 0) is 24.6 Å². The van der Waals surface area contributed by atoms with E-state index < -0.39 is 11.2 Å². The van der Waals surface area contributed by atoms with E-state index in [9.17, 15) is 9.35 Å². The van der Waals surface area contributed by atoms with Crippen molar-refractivity contribution in [2.75, 3.05) is 6.54 Å². The number of carbonyl (C=O) groups is 1. The maximum Gasteiger partial charge on any atom is 0.251 e. The number of fused-ring (bicyclic) bond motifs is 2. The van der Waals surface area contributed by atoms with E-state index in [4.69, 9.17) is 0 Å². The first-order valence-corrected chi connectivity index (χ1v) is 8.77. The zero-order chi connectivity index (χ0) is 15.5. The minimum absolute atomic E-state index is 0.0679.